The fourth-order valence-corrected chi connectivity index (χ4v) is 4.16. The van der Waals surface area contributed by atoms with Crippen LogP contribution in [0, 0.1) is 0 Å². The first-order valence-electron chi connectivity index (χ1n) is 8.13. The maximum atomic E-state index is 12.4. The van der Waals surface area contributed by atoms with Gasteiger partial charge < -0.3 is 0 Å². The van der Waals surface area contributed by atoms with Gasteiger partial charge in [-0.15, -0.1) is 11.3 Å². The van der Waals surface area contributed by atoms with E-state index in [1.165, 1.54) is 0 Å². The number of nitrogens with zero attached hydrogens (tertiary/aromatic N) is 2. The molecule has 0 amide bonds. The van der Waals surface area contributed by atoms with Gasteiger partial charge in [0.15, 0.2) is 0 Å². The van der Waals surface area contributed by atoms with Crippen molar-refractivity contribution in [2.24, 2.45) is 0 Å². The number of sulfonamides is 1. The minimum absolute atomic E-state index is 0.289. The van der Waals surface area contributed by atoms with Gasteiger partial charge in [0.1, 0.15) is 5.69 Å². The van der Waals surface area contributed by atoms with Gasteiger partial charge in [-0.3, -0.25) is 4.68 Å². The highest BCUT2D eigenvalue weighted by Crippen LogP contribution is 2.22. The van der Waals surface area contributed by atoms with Crippen LogP contribution in [-0.4, -0.2) is 24.7 Å². The average Bonchev–Trinajstić information content (AvgIpc) is 3.26. The SMILES string of the molecule is CC(C)c1ccc(S(=O)(=O)NCCn2ccc(-c3cccs3)n2)cc1. The number of thiophene rings is 1. The maximum absolute atomic E-state index is 12.4. The van der Waals surface area contributed by atoms with Gasteiger partial charge in [-0.1, -0.05) is 32.0 Å². The highest BCUT2D eigenvalue weighted by molar-refractivity contribution is 7.89. The van der Waals surface area contributed by atoms with E-state index in [1.807, 2.05) is 41.9 Å². The Morgan fingerprint density at radius 3 is 2.56 bits per heavy atom. The number of hydrogen-bond acceptors (Lipinski definition) is 4. The van der Waals surface area contributed by atoms with Crippen molar-refractivity contribution < 1.29 is 8.42 Å². The van der Waals surface area contributed by atoms with E-state index >= 15 is 0 Å². The zero-order valence-electron chi connectivity index (χ0n) is 14.2. The molecule has 0 fully saturated rings. The summed E-state index contributed by atoms with van der Waals surface area (Å²) in [7, 11) is -3.50. The average molecular weight is 376 g/mol. The van der Waals surface area contributed by atoms with Crippen LogP contribution in [0.5, 0.6) is 0 Å². The van der Waals surface area contributed by atoms with Crippen LogP contribution >= 0.6 is 11.3 Å². The van der Waals surface area contributed by atoms with Crippen molar-refractivity contribution >= 4 is 21.4 Å². The van der Waals surface area contributed by atoms with E-state index < -0.39 is 10.0 Å². The number of rotatable bonds is 7. The zero-order chi connectivity index (χ0) is 17.9. The largest absolute Gasteiger partial charge is 0.271 e. The van der Waals surface area contributed by atoms with E-state index in [-0.39, 0.29) is 4.90 Å². The van der Waals surface area contributed by atoms with Gasteiger partial charge in [-0.25, -0.2) is 13.1 Å². The Hall–Kier alpha value is -1.96. The Morgan fingerprint density at radius 1 is 1.16 bits per heavy atom. The first-order chi connectivity index (χ1) is 12.0. The molecule has 0 radical (unpaired) electrons. The summed E-state index contributed by atoms with van der Waals surface area (Å²) in [6.45, 7) is 4.93. The molecule has 0 bridgehead atoms. The van der Waals surface area contributed by atoms with Gasteiger partial charge in [-0.2, -0.15) is 5.10 Å². The van der Waals surface area contributed by atoms with Crippen LogP contribution in [0.2, 0.25) is 0 Å². The van der Waals surface area contributed by atoms with Gasteiger partial charge in [0.05, 0.1) is 16.3 Å². The molecule has 3 rings (SSSR count). The summed E-state index contributed by atoms with van der Waals surface area (Å²) in [4.78, 5) is 1.39. The molecule has 0 saturated heterocycles. The predicted octanol–water partition coefficient (Wildman–Crippen LogP) is 3.71. The molecule has 3 aromatic rings. The molecule has 25 heavy (non-hydrogen) atoms. The number of nitrogens with one attached hydrogen (secondary N) is 1. The first kappa shape index (κ1) is 17.8. The molecule has 132 valence electrons. The molecule has 0 aliphatic carbocycles. The lowest BCUT2D eigenvalue weighted by Crippen LogP contribution is -2.27. The Balaban J connectivity index is 1.59. The van der Waals surface area contributed by atoms with Crippen LogP contribution in [0.15, 0.2) is 58.9 Å². The summed E-state index contributed by atoms with van der Waals surface area (Å²) in [6, 6.07) is 13.0. The summed E-state index contributed by atoms with van der Waals surface area (Å²) in [5.74, 6) is 0.377. The smallest absolute Gasteiger partial charge is 0.240 e. The molecule has 0 atom stereocenters. The van der Waals surface area contributed by atoms with Crippen LogP contribution in [0.4, 0.5) is 0 Å². The van der Waals surface area contributed by atoms with E-state index in [0.29, 0.717) is 19.0 Å². The molecular weight excluding hydrogens is 354 g/mol. The van der Waals surface area contributed by atoms with Gasteiger partial charge in [0.25, 0.3) is 0 Å². The van der Waals surface area contributed by atoms with Crippen LogP contribution in [-0.2, 0) is 16.6 Å². The third kappa shape index (κ3) is 4.36. The molecule has 0 spiro atoms. The van der Waals surface area contributed by atoms with E-state index in [0.717, 1.165) is 16.1 Å². The van der Waals surface area contributed by atoms with Crippen LogP contribution in [0.25, 0.3) is 10.6 Å². The standard InChI is InChI=1S/C18H21N3O2S2/c1-14(2)15-5-7-16(8-6-15)25(22,23)19-10-12-21-11-9-17(20-21)18-4-3-13-24-18/h3-9,11,13-14,19H,10,12H2,1-2H3. The molecule has 0 saturated carbocycles. The van der Waals surface area contributed by atoms with Crippen LogP contribution in [0.1, 0.15) is 25.3 Å². The molecule has 7 heteroatoms. The second kappa shape index (κ2) is 7.51. The van der Waals surface area contributed by atoms with Crippen molar-refractivity contribution in [1.82, 2.24) is 14.5 Å². The second-order valence-corrected chi connectivity index (χ2v) is 8.78. The molecule has 1 aromatic carbocycles. The van der Waals surface area contributed by atoms with Gasteiger partial charge in [0, 0.05) is 12.7 Å². The zero-order valence-corrected chi connectivity index (χ0v) is 15.8. The molecule has 2 aromatic heterocycles. The minimum atomic E-state index is -3.50. The lowest BCUT2D eigenvalue weighted by Gasteiger charge is -2.09. The fraction of sp³-hybridized carbons (Fsp3) is 0.278. The highest BCUT2D eigenvalue weighted by atomic mass is 32.2. The molecule has 0 aliphatic heterocycles. The van der Waals surface area contributed by atoms with E-state index in [1.54, 1.807) is 28.2 Å². The summed E-state index contributed by atoms with van der Waals surface area (Å²) in [5, 5.41) is 6.48. The number of benzene rings is 1. The van der Waals surface area contributed by atoms with E-state index in [4.69, 9.17) is 0 Å². The third-order valence-corrected chi connectivity index (χ3v) is 6.27. The van der Waals surface area contributed by atoms with Crippen LogP contribution < -0.4 is 4.72 Å². The third-order valence-electron chi connectivity index (χ3n) is 3.90. The Kier molecular flexibility index (Phi) is 5.36. The monoisotopic (exact) mass is 375 g/mol. The van der Waals surface area contributed by atoms with Crippen molar-refractivity contribution in [1.29, 1.82) is 0 Å². The molecule has 2 heterocycles. The summed E-state index contributed by atoms with van der Waals surface area (Å²) >= 11 is 1.63. The van der Waals surface area contributed by atoms with Gasteiger partial charge in [-0.05, 0) is 41.1 Å². The van der Waals surface area contributed by atoms with Crippen molar-refractivity contribution in [3.05, 3.63) is 59.6 Å². The highest BCUT2D eigenvalue weighted by Gasteiger charge is 2.14. The quantitative estimate of drug-likeness (QED) is 0.685. The lowest BCUT2D eigenvalue weighted by molar-refractivity contribution is 0.561. The van der Waals surface area contributed by atoms with Gasteiger partial charge in [0.2, 0.25) is 10.0 Å². The van der Waals surface area contributed by atoms with E-state index in [9.17, 15) is 8.42 Å². The Labute approximate surface area is 152 Å². The number of hydrogen-bond donors (Lipinski definition) is 1. The summed E-state index contributed by atoms with van der Waals surface area (Å²) in [6.07, 6.45) is 1.86. The second-order valence-electron chi connectivity index (χ2n) is 6.06. The summed E-state index contributed by atoms with van der Waals surface area (Å²) in [5.41, 5.74) is 2.03. The van der Waals surface area contributed by atoms with Crippen molar-refractivity contribution in [3.8, 4) is 10.6 Å². The van der Waals surface area contributed by atoms with E-state index in [2.05, 4.69) is 23.7 Å². The minimum Gasteiger partial charge on any atom is -0.271 e. The molecular formula is C18H21N3O2S2. The fourth-order valence-electron chi connectivity index (χ4n) is 2.45. The van der Waals surface area contributed by atoms with Crippen molar-refractivity contribution in [2.75, 3.05) is 6.54 Å². The molecule has 0 aliphatic rings. The maximum Gasteiger partial charge on any atom is 0.240 e. The Morgan fingerprint density at radius 2 is 1.92 bits per heavy atom. The number of aromatic nitrogens is 2. The van der Waals surface area contributed by atoms with Crippen molar-refractivity contribution in [3.63, 3.8) is 0 Å². The lowest BCUT2D eigenvalue weighted by atomic mass is 10.0. The van der Waals surface area contributed by atoms with Crippen molar-refractivity contribution in [2.45, 2.75) is 31.2 Å². The van der Waals surface area contributed by atoms with Gasteiger partial charge >= 0.3 is 0 Å². The normalized spacial score (nSPS) is 12.0. The first-order valence-corrected chi connectivity index (χ1v) is 10.5. The van der Waals surface area contributed by atoms with Crippen LogP contribution in [0.3, 0.4) is 0 Å². The predicted molar refractivity (Wildman–Crippen MR) is 101 cm³/mol. The summed E-state index contributed by atoms with van der Waals surface area (Å²) < 4.78 is 29.1. The molecule has 0 unspecified atom stereocenters. The Bertz CT molecular complexity index is 912. The topological polar surface area (TPSA) is 64.0 Å². The molecule has 1 N–H and O–H groups in total. The molecule has 5 nitrogen and oxygen atoms in total.